The van der Waals surface area contributed by atoms with Crippen molar-refractivity contribution in [1.29, 1.82) is 0 Å². The van der Waals surface area contributed by atoms with E-state index >= 15 is 0 Å². The van der Waals surface area contributed by atoms with Crippen LogP contribution in [0.25, 0.3) is 10.2 Å². The summed E-state index contributed by atoms with van der Waals surface area (Å²) in [5.41, 5.74) is 19.4. The molecule has 2 aromatic carbocycles. The summed E-state index contributed by atoms with van der Waals surface area (Å²) in [6.07, 6.45) is 1.34. The molecule has 176 valence electrons. The van der Waals surface area contributed by atoms with Crippen molar-refractivity contribution in [2.45, 2.75) is 31.3 Å². The van der Waals surface area contributed by atoms with E-state index in [-0.39, 0.29) is 24.3 Å². The number of thiazole rings is 1. The number of benzene rings is 2. The summed E-state index contributed by atoms with van der Waals surface area (Å²) in [6, 6.07) is 16.7. The summed E-state index contributed by atoms with van der Waals surface area (Å²) in [5, 5.41) is 3.86. The Morgan fingerprint density at radius 3 is 2.33 bits per heavy atom. The largest absolute Gasteiger partial charge is 0.345 e. The van der Waals surface area contributed by atoms with Gasteiger partial charge in [0.15, 0.2) is 0 Å². The third-order valence-electron chi connectivity index (χ3n) is 5.37. The van der Waals surface area contributed by atoms with Crippen molar-refractivity contribution < 1.29 is 9.59 Å². The fourth-order valence-electron chi connectivity index (χ4n) is 3.61. The fraction of sp³-hybridized carbons (Fsp3) is 0.375. The molecule has 0 fully saturated rings. The number of nitrogens with two attached hydrogens (primary N) is 3. The second-order valence-electron chi connectivity index (χ2n) is 7.87. The number of carbonyl (C=O) groups is 2. The van der Waals surface area contributed by atoms with Gasteiger partial charge in [-0.15, -0.1) is 11.3 Å². The maximum atomic E-state index is 12.9. The highest BCUT2D eigenvalue weighted by Crippen LogP contribution is 2.29. The molecule has 3 aromatic rings. The average molecular weight is 469 g/mol. The second kappa shape index (κ2) is 12.4. The highest BCUT2D eigenvalue weighted by Gasteiger charge is 2.25. The van der Waals surface area contributed by atoms with Crippen LogP contribution in [0.4, 0.5) is 0 Å². The predicted molar refractivity (Wildman–Crippen MR) is 133 cm³/mol. The predicted octanol–water partition coefficient (Wildman–Crippen LogP) is 1.55. The van der Waals surface area contributed by atoms with E-state index < -0.39 is 6.04 Å². The third-order valence-corrected chi connectivity index (χ3v) is 6.52. The Kier molecular flexibility index (Phi) is 9.32. The Balaban J connectivity index is 1.71. The van der Waals surface area contributed by atoms with Gasteiger partial charge in [-0.05, 0) is 30.5 Å². The van der Waals surface area contributed by atoms with Crippen LogP contribution < -0.4 is 22.5 Å². The molecular weight excluding hydrogens is 436 g/mol. The molecule has 2 unspecified atom stereocenters. The maximum Gasteiger partial charge on any atom is 0.238 e. The number of hydrogen-bond donors (Lipinski definition) is 4. The van der Waals surface area contributed by atoms with Gasteiger partial charge in [0.25, 0.3) is 0 Å². The molecule has 7 N–H and O–H groups in total. The Hall–Kier alpha value is -2.85. The van der Waals surface area contributed by atoms with Gasteiger partial charge in [0.2, 0.25) is 11.8 Å². The van der Waals surface area contributed by atoms with Gasteiger partial charge in [0.1, 0.15) is 5.01 Å². The van der Waals surface area contributed by atoms with Crippen molar-refractivity contribution in [3.05, 3.63) is 65.2 Å². The highest BCUT2D eigenvalue weighted by atomic mass is 32.1. The minimum absolute atomic E-state index is 0.100. The molecule has 0 bridgehead atoms. The molecule has 0 radical (unpaired) electrons. The van der Waals surface area contributed by atoms with Crippen LogP contribution >= 0.6 is 11.3 Å². The summed E-state index contributed by atoms with van der Waals surface area (Å²) in [6.45, 7) is 1.42. The van der Waals surface area contributed by atoms with Crippen LogP contribution in [0.15, 0.2) is 54.6 Å². The van der Waals surface area contributed by atoms with Crippen LogP contribution in [-0.2, 0) is 16.0 Å². The smallest absolute Gasteiger partial charge is 0.238 e. The van der Waals surface area contributed by atoms with Crippen molar-refractivity contribution in [1.82, 2.24) is 15.2 Å². The average Bonchev–Trinajstić information content (AvgIpc) is 3.26. The molecule has 0 aliphatic rings. The summed E-state index contributed by atoms with van der Waals surface area (Å²) in [5.74, 6) is -0.601. The SMILES string of the molecule is NCCN(CCN)C(=O)CC(N)C(=O)NC(CCc1ccccc1)c1nc2ccccc2s1. The number of hydrogen-bond acceptors (Lipinski definition) is 7. The molecule has 1 heterocycles. The van der Waals surface area contributed by atoms with E-state index in [4.69, 9.17) is 22.2 Å². The first kappa shape index (κ1) is 24.8. The minimum atomic E-state index is -0.968. The summed E-state index contributed by atoms with van der Waals surface area (Å²) < 4.78 is 1.06. The molecule has 3 rings (SSSR count). The van der Waals surface area contributed by atoms with Gasteiger partial charge in [0, 0.05) is 26.2 Å². The van der Waals surface area contributed by atoms with Crippen molar-refractivity contribution in [2.24, 2.45) is 17.2 Å². The van der Waals surface area contributed by atoms with Crippen molar-refractivity contribution in [3.63, 3.8) is 0 Å². The standard InChI is InChI=1S/C24H32N6O2S/c25-12-14-30(15-13-26)22(31)16-18(27)23(32)28-20(11-10-17-6-2-1-3-7-17)24-29-19-8-4-5-9-21(19)33-24/h1-9,18,20H,10-16,25-27H2,(H,28,32). The van der Waals surface area contributed by atoms with Crippen molar-refractivity contribution in [3.8, 4) is 0 Å². The van der Waals surface area contributed by atoms with Crippen LogP contribution in [-0.4, -0.2) is 53.9 Å². The summed E-state index contributed by atoms with van der Waals surface area (Å²) in [7, 11) is 0. The lowest BCUT2D eigenvalue weighted by molar-refractivity contribution is -0.134. The molecule has 2 amide bonds. The molecule has 0 aliphatic heterocycles. The van der Waals surface area contributed by atoms with Gasteiger partial charge >= 0.3 is 0 Å². The molecule has 33 heavy (non-hydrogen) atoms. The first-order valence-corrected chi connectivity index (χ1v) is 12.0. The molecular formula is C24H32N6O2S. The van der Waals surface area contributed by atoms with Crippen LogP contribution in [0.1, 0.15) is 29.5 Å². The van der Waals surface area contributed by atoms with Gasteiger partial charge in [-0.1, -0.05) is 42.5 Å². The van der Waals surface area contributed by atoms with E-state index in [2.05, 4.69) is 17.4 Å². The molecule has 8 nitrogen and oxygen atoms in total. The normalized spacial score (nSPS) is 12.9. The third kappa shape index (κ3) is 7.06. The van der Waals surface area contributed by atoms with Crippen molar-refractivity contribution >= 4 is 33.4 Å². The maximum absolute atomic E-state index is 12.9. The van der Waals surface area contributed by atoms with Crippen molar-refractivity contribution in [2.75, 3.05) is 26.2 Å². The van der Waals surface area contributed by atoms with Gasteiger partial charge in [-0.2, -0.15) is 0 Å². The molecule has 0 saturated carbocycles. The van der Waals surface area contributed by atoms with E-state index in [1.165, 1.54) is 5.56 Å². The molecule has 0 aliphatic carbocycles. The zero-order valence-electron chi connectivity index (χ0n) is 18.7. The topological polar surface area (TPSA) is 140 Å². The zero-order chi connectivity index (χ0) is 23.6. The van der Waals surface area contributed by atoms with E-state index in [1.807, 2.05) is 42.5 Å². The lowest BCUT2D eigenvalue weighted by Gasteiger charge is -2.24. The van der Waals surface area contributed by atoms with Crippen LogP contribution in [0, 0.1) is 0 Å². The zero-order valence-corrected chi connectivity index (χ0v) is 19.5. The number of fused-ring (bicyclic) bond motifs is 1. The monoisotopic (exact) mass is 468 g/mol. The van der Waals surface area contributed by atoms with E-state index in [0.29, 0.717) is 32.6 Å². The quantitative estimate of drug-likeness (QED) is 0.318. The first-order valence-electron chi connectivity index (χ1n) is 11.1. The van der Waals surface area contributed by atoms with Gasteiger partial charge in [-0.3, -0.25) is 9.59 Å². The molecule has 0 saturated heterocycles. The molecule has 9 heteroatoms. The summed E-state index contributed by atoms with van der Waals surface area (Å²) in [4.78, 5) is 31.8. The second-order valence-corrected chi connectivity index (χ2v) is 8.94. The number of nitrogens with one attached hydrogen (secondary N) is 1. The van der Waals surface area contributed by atoms with E-state index in [0.717, 1.165) is 21.6 Å². The number of rotatable bonds is 12. The number of aromatic nitrogens is 1. The van der Waals surface area contributed by atoms with Gasteiger partial charge in [0.05, 0.1) is 28.7 Å². The molecule has 1 aromatic heterocycles. The van der Waals surface area contributed by atoms with Crippen LogP contribution in [0.3, 0.4) is 0 Å². The highest BCUT2D eigenvalue weighted by molar-refractivity contribution is 7.18. The van der Waals surface area contributed by atoms with E-state index in [1.54, 1.807) is 16.2 Å². The molecule has 2 atom stereocenters. The molecule has 0 spiro atoms. The lowest BCUT2D eigenvalue weighted by atomic mass is 10.0. The van der Waals surface area contributed by atoms with Crippen LogP contribution in [0.5, 0.6) is 0 Å². The minimum Gasteiger partial charge on any atom is -0.345 e. The van der Waals surface area contributed by atoms with E-state index in [9.17, 15) is 9.59 Å². The Bertz CT molecular complexity index is 1000. The van der Waals surface area contributed by atoms with Gasteiger partial charge < -0.3 is 27.4 Å². The Labute approximate surface area is 198 Å². The number of para-hydroxylation sites is 1. The Morgan fingerprint density at radius 2 is 1.67 bits per heavy atom. The lowest BCUT2D eigenvalue weighted by Crippen LogP contribution is -2.47. The summed E-state index contributed by atoms with van der Waals surface area (Å²) >= 11 is 1.56. The number of carbonyl (C=O) groups excluding carboxylic acids is 2. The number of amides is 2. The van der Waals surface area contributed by atoms with Gasteiger partial charge in [-0.25, -0.2) is 4.98 Å². The van der Waals surface area contributed by atoms with Crippen LogP contribution in [0.2, 0.25) is 0 Å². The number of nitrogens with zero attached hydrogens (tertiary/aromatic N) is 2. The fourth-order valence-corrected chi connectivity index (χ4v) is 4.67. The first-order chi connectivity index (χ1) is 16.0. The number of aryl methyl sites for hydroxylation is 1. The Morgan fingerprint density at radius 1 is 1.00 bits per heavy atom.